The predicted octanol–water partition coefficient (Wildman–Crippen LogP) is 5.06. The minimum absolute atomic E-state index is 0.0211. The van der Waals surface area contributed by atoms with Crippen molar-refractivity contribution in [1.29, 1.82) is 5.26 Å². The Bertz CT molecular complexity index is 1250. The van der Waals surface area contributed by atoms with Crippen LogP contribution in [0.3, 0.4) is 0 Å². The zero-order valence-corrected chi connectivity index (χ0v) is 18.5. The maximum Gasteiger partial charge on any atom is 0.244 e. The molecular formula is C26H26N4O3. The third-order valence-electron chi connectivity index (χ3n) is 6.75. The quantitative estimate of drug-likeness (QED) is 0.520. The maximum atomic E-state index is 10.1. The summed E-state index contributed by atoms with van der Waals surface area (Å²) in [4.78, 5) is 0. The number of benzene rings is 2. The van der Waals surface area contributed by atoms with Crippen LogP contribution in [0.2, 0.25) is 0 Å². The van der Waals surface area contributed by atoms with Crippen LogP contribution in [0.25, 0.3) is 11.3 Å². The number of methoxy groups -OCH3 is 1. The molecule has 2 heterocycles. The minimum atomic E-state index is -0.514. The number of nitrogens with one attached hydrogen (secondary N) is 1. The largest absolute Gasteiger partial charge is 0.504 e. The lowest BCUT2D eigenvalue weighted by Crippen LogP contribution is -2.21. The fourth-order valence-electron chi connectivity index (χ4n) is 5.03. The number of aromatic hydroxyl groups is 1. The Hall–Kier alpha value is -3.92. The van der Waals surface area contributed by atoms with Gasteiger partial charge in [-0.3, -0.25) is 5.10 Å². The van der Waals surface area contributed by atoms with Crippen molar-refractivity contribution >= 4 is 0 Å². The summed E-state index contributed by atoms with van der Waals surface area (Å²) in [5.74, 6) is 0.813. The first-order valence-corrected chi connectivity index (χ1v) is 11.2. The van der Waals surface area contributed by atoms with E-state index in [2.05, 4.69) is 40.5 Å². The molecule has 1 aliphatic heterocycles. The van der Waals surface area contributed by atoms with Gasteiger partial charge in [-0.15, -0.1) is 5.10 Å². The van der Waals surface area contributed by atoms with E-state index < -0.39 is 5.92 Å². The second-order valence-electron chi connectivity index (χ2n) is 8.63. The van der Waals surface area contributed by atoms with Gasteiger partial charge in [0.25, 0.3) is 0 Å². The topological polar surface area (TPSA) is 117 Å². The number of nitriles is 1. The molecule has 0 bridgehead atoms. The van der Waals surface area contributed by atoms with Crippen molar-refractivity contribution in [3.63, 3.8) is 0 Å². The molecule has 3 aromatic rings. The number of hydrogen-bond acceptors (Lipinski definition) is 6. The van der Waals surface area contributed by atoms with E-state index in [9.17, 15) is 10.4 Å². The van der Waals surface area contributed by atoms with Gasteiger partial charge in [0, 0.05) is 5.56 Å². The van der Waals surface area contributed by atoms with E-state index in [0.717, 1.165) is 22.4 Å². The van der Waals surface area contributed by atoms with Crippen molar-refractivity contribution in [2.24, 2.45) is 5.73 Å². The Morgan fingerprint density at radius 3 is 2.55 bits per heavy atom. The number of H-pyrrole nitrogens is 1. The van der Waals surface area contributed by atoms with Crippen LogP contribution >= 0.6 is 0 Å². The second-order valence-corrected chi connectivity index (χ2v) is 8.63. The van der Waals surface area contributed by atoms with Gasteiger partial charge in [-0.2, -0.15) is 5.26 Å². The Balaban J connectivity index is 1.58. The summed E-state index contributed by atoms with van der Waals surface area (Å²) in [7, 11) is 1.49. The molecule has 0 saturated heterocycles. The standard InChI is InChI=1S/C26H26N4O3/c1-32-21-13-18(11-12-20(21)31)22-19(14-27)25(28)33-26-23(22)24(29-30-26)17-9-7-16(8-10-17)15-5-3-2-4-6-15/h7-13,15,22,31H,2-6,28H2,1H3,(H,29,30)/t22-/m0/s1. The van der Waals surface area contributed by atoms with E-state index in [4.69, 9.17) is 15.2 Å². The van der Waals surface area contributed by atoms with E-state index in [-0.39, 0.29) is 17.2 Å². The summed E-state index contributed by atoms with van der Waals surface area (Å²) in [6, 6.07) is 15.8. The van der Waals surface area contributed by atoms with Crippen LogP contribution in [-0.2, 0) is 0 Å². The summed E-state index contributed by atoms with van der Waals surface area (Å²) in [5.41, 5.74) is 11.0. The van der Waals surface area contributed by atoms with Crippen LogP contribution in [0, 0.1) is 11.3 Å². The normalized spacial score (nSPS) is 18.4. The number of allylic oxidation sites excluding steroid dienone is 1. The number of ether oxygens (including phenoxy) is 2. The minimum Gasteiger partial charge on any atom is -0.504 e. The summed E-state index contributed by atoms with van der Waals surface area (Å²) in [6.45, 7) is 0. The van der Waals surface area contributed by atoms with Crippen LogP contribution < -0.4 is 15.2 Å². The highest BCUT2D eigenvalue weighted by molar-refractivity contribution is 5.71. The molecule has 0 unspecified atom stereocenters. The first-order chi connectivity index (χ1) is 16.1. The number of phenols is 1. The van der Waals surface area contributed by atoms with Crippen LogP contribution in [-0.4, -0.2) is 22.4 Å². The van der Waals surface area contributed by atoms with Gasteiger partial charge in [0.15, 0.2) is 11.5 Å². The lowest BCUT2D eigenvalue weighted by atomic mass is 9.82. The monoisotopic (exact) mass is 442 g/mol. The van der Waals surface area contributed by atoms with Gasteiger partial charge >= 0.3 is 0 Å². The fourth-order valence-corrected chi connectivity index (χ4v) is 5.03. The van der Waals surface area contributed by atoms with Crippen molar-refractivity contribution in [2.75, 3.05) is 7.11 Å². The molecule has 7 nitrogen and oxygen atoms in total. The molecule has 5 rings (SSSR count). The Kier molecular flexibility index (Phi) is 5.43. The smallest absolute Gasteiger partial charge is 0.244 e. The predicted molar refractivity (Wildman–Crippen MR) is 124 cm³/mol. The van der Waals surface area contributed by atoms with E-state index in [0.29, 0.717) is 17.5 Å². The van der Waals surface area contributed by atoms with Crippen LogP contribution in [0.5, 0.6) is 17.4 Å². The number of fused-ring (bicyclic) bond motifs is 1. The third-order valence-corrected chi connectivity index (χ3v) is 6.75. The van der Waals surface area contributed by atoms with E-state index >= 15 is 0 Å². The Labute approximate surface area is 192 Å². The zero-order chi connectivity index (χ0) is 22.9. The van der Waals surface area contributed by atoms with E-state index in [1.54, 1.807) is 18.2 Å². The maximum absolute atomic E-state index is 10.1. The molecule has 1 fully saturated rings. The second kappa shape index (κ2) is 8.55. The Morgan fingerprint density at radius 2 is 1.85 bits per heavy atom. The summed E-state index contributed by atoms with van der Waals surface area (Å²) >= 11 is 0. The molecule has 1 aromatic heterocycles. The van der Waals surface area contributed by atoms with Gasteiger partial charge in [-0.1, -0.05) is 49.6 Å². The van der Waals surface area contributed by atoms with Crippen molar-refractivity contribution in [3.05, 3.63) is 70.6 Å². The van der Waals surface area contributed by atoms with Crippen molar-refractivity contribution < 1.29 is 14.6 Å². The van der Waals surface area contributed by atoms with Gasteiger partial charge in [-0.05, 0) is 42.0 Å². The third kappa shape index (κ3) is 3.68. The zero-order valence-electron chi connectivity index (χ0n) is 18.5. The number of aromatic nitrogens is 2. The van der Waals surface area contributed by atoms with Gasteiger partial charge in [0.1, 0.15) is 11.6 Å². The van der Waals surface area contributed by atoms with E-state index in [1.807, 2.05) is 0 Å². The molecule has 4 N–H and O–H groups in total. The number of hydrogen-bond donors (Lipinski definition) is 3. The number of nitrogens with two attached hydrogens (primary N) is 1. The molecule has 0 radical (unpaired) electrons. The molecule has 7 heteroatoms. The molecular weight excluding hydrogens is 416 g/mol. The molecule has 1 saturated carbocycles. The first kappa shape index (κ1) is 21.0. The average molecular weight is 443 g/mol. The lowest BCUT2D eigenvalue weighted by molar-refractivity contribution is 0.371. The summed E-state index contributed by atoms with van der Waals surface area (Å²) in [5, 5.41) is 27.4. The highest BCUT2D eigenvalue weighted by Crippen LogP contribution is 2.47. The molecule has 2 aromatic carbocycles. The Morgan fingerprint density at radius 1 is 1.12 bits per heavy atom. The first-order valence-electron chi connectivity index (χ1n) is 11.2. The van der Waals surface area contributed by atoms with Crippen molar-refractivity contribution in [3.8, 4) is 34.7 Å². The molecule has 33 heavy (non-hydrogen) atoms. The molecule has 168 valence electrons. The summed E-state index contributed by atoms with van der Waals surface area (Å²) in [6.07, 6.45) is 6.40. The molecule has 1 atom stereocenters. The molecule has 1 aliphatic carbocycles. The van der Waals surface area contributed by atoms with Crippen molar-refractivity contribution in [1.82, 2.24) is 10.2 Å². The van der Waals surface area contributed by atoms with Crippen LogP contribution in [0.4, 0.5) is 0 Å². The SMILES string of the molecule is COc1cc([C@H]2C(C#N)=C(N)Oc3n[nH]c(-c4ccc(C5CCCCC5)cc4)c32)ccc1O. The summed E-state index contributed by atoms with van der Waals surface area (Å²) < 4.78 is 11.0. The van der Waals surface area contributed by atoms with Gasteiger partial charge < -0.3 is 20.3 Å². The molecule has 0 spiro atoms. The fraction of sp³-hybridized carbons (Fsp3) is 0.308. The number of aromatic amines is 1. The highest BCUT2D eigenvalue weighted by Gasteiger charge is 2.36. The average Bonchev–Trinajstić information content (AvgIpc) is 3.27. The molecule has 0 amide bonds. The van der Waals surface area contributed by atoms with Gasteiger partial charge in [0.05, 0.1) is 24.3 Å². The number of nitrogens with zero attached hydrogens (tertiary/aromatic N) is 2. The van der Waals surface area contributed by atoms with Crippen LogP contribution in [0.15, 0.2) is 53.9 Å². The number of rotatable bonds is 4. The molecule has 2 aliphatic rings. The number of phenolic OH excluding ortho intramolecular Hbond substituents is 1. The van der Waals surface area contributed by atoms with Crippen LogP contribution in [0.1, 0.15) is 60.6 Å². The van der Waals surface area contributed by atoms with Gasteiger partial charge in [-0.25, -0.2) is 0 Å². The highest BCUT2D eigenvalue weighted by atomic mass is 16.5. The lowest BCUT2D eigenvalue weighted by Gasteiger charge is -2.25. The van der Waals surface area contributed by atoms with Gasteiger partial charge in [0.2, 0.25) is 11.8 Å². The van der Waals surface area contributed by atoms with E-state index in [1.165, 1.54) is 44.8 Å². The van der Waals surface area contributed by atoms with Crippen molar-refractivity contribution in [2.45, 2.75) is 43.9 Å².